The summed E-state index contributed by atoms with van der Waals surface area (Å²) in [4.78, 5) is 14.6. The van der Waals surface area contributed by atoms with Crippen molar-refractivity contribution < 1.29 is 0 Å². The molecule has 0 aliphatic heterocycles. The van der Waals surface area contributed by atoms with Crippen LogP contribution in [0, 0.1) is 0 Å². The van der Waals surface area contributed by atoms with E-state index in [1.165, 1.54) is 5.56 Å². The summed E-state index contributed by atoms with van der Waals surface area (Å²) in [5.41, 5.74) is 8.46. The molecule has 2 rings (SSSR count). The molecule has 0 fully saturated rings. The van der Waals surface area contributed by atoms with Gasteiger partial charge in [-0.3, -0.25) is 4.79 Å². The Kier molecular flexibility index (Phi) is 3.03. The van der Waals surface area contributed by atoms with Crippen LogP contribution in [0.4, 0.5) is 0 Å². The molecule has 2 aromatic rings. The summed E-state index contributed by atoms with van der Waals surface area (Å²) in [6.45, 7) is 6.13. The molecule has 0 spiro atoms. The van der Waals surface area contributed by atoms with Crippen LogP contribution >= 0.6 is 0 Å². The minimum absolute atomic E-state index is 0.0928. The van der Waals surface area contributed by atoms with E-state index in [1.807, 2.05) is 19.1 Å². The van der Waals surface area contributed by atoms with Crippen molar-refractivity contribution in [1.82, 2.24) is 4.98 Å². The fourth-order valence-electron chi connectivity index (χ4n) is 1.94. The highest BCUT2D eigenvalue weighted by molar-refractivity contribution is 5.80. The Labute approximate surface area is 101 Å². The lowest BCUT2D eigenvalue weighted by Gasteiger charge is -2.09. The number of nitrogens with two attached hydrogens (primary N) is 1. The number of nitrogens with one attached hydrogen (secondary N) is 1. The molecule has 1 unspecified atom stereocenters. The maximum absolute atomic E-state index is 11.8. The van der Waals surface area contributed by atoms with Gasteiger partial charge in [-0.25, -0.2) is 0 Å². The lowest BCUT2D eigenvalue weighted by atomic mass is 10.00. The van der Waals surface area contributed by atoms with Gasteiger partial charge in [0, 0.05) is 17.1 Å². The van der Waals surface area contributed by atoms with Crippen LogP contribution in [0.15, 0.2) is 29.1 Å². The predicted octanol–water partition coefficient (Wildman–Crippen LogP) is 2.67. The van der Waals surface area contributed by atoms with E-state index in [1.54, 1.807) is 0 Å². The molecule has 90 valence electrons. The van der Waals surface area contributed by atoms with Crippen LogP contribution in [0.1, 0.15) is 43.9 Å². The monoisotopic (exact) mass is 230 g/mol. The van der Waals surface area contributed by atoms with Crippen LogP contribution in [-0.2, 0) is 0 Å². The van der Waals surface area contributed by atoms with E-state index in [9.17, 15) is 4.79 Å². The number of rotatable bonds is 2. The lowest BCUT2D eigenvalue weighted by Crippen LogP contribution is -2.19. The third-order valence-electron chi connectivity index (χ3n) is 3.05. The summed E-state index contributed by atoms with van der Waals surface area (Å²) in [7, 11) is 0. The molecule has 3 heteroatoms. The van der Waals surface area contributed by atoms with Crippen molar-refractivity contribution in [3.8, 4) is 0 Å². The maximum Gasteiger partial charge on any atom is 0.253 e. The first-order valence-electron chi connectivity index (χ1n) is 5.91. The van der Waals surface area contributed by atoms with Gasteiger partial charge in [0.05, 0.1) is 0 Å². The molecule has 0 aliphatic rings. The number of benzene rings is 1. The highest BCUT2D eigenvalue weighted by Gasteiger charge is 2.08. The molecule has 1 heterocycles. The predicted molar refractivity (Wildman–Crippen MR) is 71.3 cm³/mol. The standard InChI is InChI=1S/C14H18N2O/c1-8(2)10-4-5-13-11(6-10)7-12(9(3)15)14(17)16-13/h4-9H,15H2,1-3H3,(H,16,17). The molecule has 17 heavy (non-hydrogen) atoms. The second kappa shape index (κ2) is 4.34. The Morgan fingerprint density at radius 3 is 2.47 bits per heavy atom. The lowest BCUT2D eigenvalue weighted by molar-refractivity contribution is 0.803. The van der Waals surface area contributed by atoms with Gasteiger partial charge in [-0.05, 0) is 42.0 Å². The van der Waals surface area contributed by atoms with Gasteiger partial charge in [-0.1, -0.05) is 19.9 Å². The van der Waals surface area contributed by atoms with E-state index in [4.69, 9.17) is 5.73 Å². The molecule has 0 bridgehead atoms. The topological polar surface area (TPSA) is 58.9 Å². The average Bonchev–Trinajstić information content (AvgIpc) is 2.27. The number of pyridine rings is 1. The van der Waals surface area contributed by atoms with Gasteiger partial charge in [-0.15, -0.1) is 0 Å². The number of fused-ring (bicyclic) bond motifs is 1. The van der Waals surface area contributed by atoms with Crippen molar-refractivity contribution in [3.63, 3.8) is 0 Å². The average molecular weight is 230 g/mol. The fourth-order valence-corrected chi connectivity index (χ4v) is 1.94. The second-order valence-electron chi connectivity index (χ2n) is 4.84. The van der Waals surface area contributed by atoms with E-state index in [0.717, 1.165) is 10.9 Å². The minimum atomic E-state index is -0.245. The van der Waals surface area contributed by atoms with Gasteiger partial charge >= 0.3 is 0 Å². The number of aromatic amines is 1. The molecule has 0 aliphatic carbocycles. The molecule has 0 saturated heterocycles. The van der Waals surface area contributed by atoms with Crippen molar-refractivity contribution in [2.45, 2.75) is 32.7 Å². The van der Waals surface area contributed by atoms with Crippen LogP contribution < -0.4 is 11.3 Å². The zero-order chi connectivity index (χ0) is 12.6. The molecule has 0 radical (unpaired) electrons. The third kappa shape index (κ3) is 2.24. The quantitative estimate of drug-likeness (QED) is 0.833. The Hall–Kier alpha value is -1.61. The first-order chi connectivity index (χ1) is 7.99. The van der Waals surface area contributed by atoms with Gasteiger partial charge in [0.25, 0.3) is 5.56 Å². The Balaban J connectivity index is 2.68. The van der Waals surface area contributed by atoms with Crippen molar-refractivity contribution >= 4 is 10.9 Å². The molecular formula is C14H18N2O. The zero-order valence-corrected chi connectivity index (χ0v) is 10.4. The maximum atomic E-state index is 11.8. The van der Waals surface area contributed by atoms with Crippen LogP contribution in [-0.4, -0.2) is 4.98 Å². The zero-order valence-electron chi connectivity index (χ0n) is 10.4. The van der Waals surface area contributed by atoms with Gasteiger partial charge < -0.3 is 10.7 Å². The van der Waals surface area contributed by atoms with Gasteiger partial charge in [0.2, 0.25) is 0 Å². The molecule has 0 saturated carbocycles. The van der Waals surface area contributed by atoms with Gasteiger partial charge in [-0.2, -0.15) is 0 Å². The van der Waals surface area contributed by atoms with E-state index < -0.39 is 0 Å². The summed E-state index contributed by atoms with van der Waals surface area (Å²) in [5.74, 6) is 0.477. The molecule has 1 atom stereocenters. The van der Waals surface area contributed by atoms with Crippen LogP contribution in [0.3, 0.4) is 0 Å². The van der Waals surface area contributed by atoms with Crippen molar-refractivity contribution in [2.24, 2.45) is 5.73 Å². The summed E-state index contributed by atoms with van der Waals surface area (Å²) in [6.07, 6.45) is 0. The first-order valence-corrected chi connectivity index (χ1v) is 5.91. The first kappa shape index (κ1) is 11.9. The summed E-state index contributed by atoms with van der Waals surface area (Å²) < 4.78 is 0. The van der Waals surface area contributed by atoms with Crippen LogP contribution in [0.25, 0.3) is 10.9 Å². The fraction of sp³-hybridized carbons (Fsp3) is 0.357. The molecule has 3 nitrogen and oxygen atoms in total. The molecule has 3 N–H and O–H groups in total. The van der Waals surface area contributed by atoms with E-state index in [-0.39, 0.29) is 11.6 Å². The molecule has 1 aromatic carbocycles. The minimum Gasteiger partial charge on any atom is -0.324 e. The number of hydrogen-bond donors (Lipinski definition) is 2. The van der Waals surface area contributed by atoms with E-state index >= 15 is 0 Å². The summed E-state index contributed by atoms with van der Waals surface area (Å²) >= 11 is 0. The summed E-state index contributed by atoms with van der Waals surface area (Å²) in [6, 6.07) is 7.77. The largest absolute Gasteiger partial charge is 0.324 e. The Morgan fingerprint density at radius 1 is 1.18 bits per heavy atom. The van der Waals surface area contributed by atoms with E-state index in [2.05, 4.69) is 31.0 Å². The number of hydrogen-bond acceptors (Lipinski definition) is 2. The van der Waals surface area contributed by atoms with Crippen molar-refractivity contribution in [3.05, 3.63) is 45.7 Å². The normalized spacial score (nSPS) is 13.2. The van der Waals surface area contributed by atoms with Crippen LogP contribution in [0.2, 0.25) is 0 Å². The Bertz CT molecular complexity index is 597. The third-order valence-corrected chi connectivity index (χ3v) is 3.05. The van der Waals surface area contributed by atoms with E-state index in [0.29, 0.717) is 11.5 Å². The van der Waals surface area contributed by atoms with Crippen molar-refractivity contribution in [2.75, 3.05) is 0 Å². The van der Waals surface area contributed by atoms with Gasteiger partial charge in [0.15, 0.2) is 0 Å². The highest BCUT2D eigenvalue weighted by atomic mass is 16.1. The molecular weight excluding hydrogens is 212 g/mol. The van der Waals surface area contributed by atoms with Crippen molar-refractivity contribution in [1.29, 1.82) is 0 Å². The van der Waals surface area contributed by atoms with Gasteiger partial charge in [0.1, 0.15) is 0 Å². The molecule has 1 aromatic heterocycles. The smallest absolute Gasteiger partial charge is 0.253 e. The Morgan fingerprint density at radius 2 is 1.88 bits per heavy atom. The highest BCUT2D eigenvalue weighted by Crippen LogP contribution is 2.20. The SMILES string of the molecule is CC(C)c1ccc2[nH]c(=O)c(C(C)N)cc2c1. The second-order valence-corrected chi connectivity index (χ2v) is 4.84. The van der Waals surface area contributed by atoms with Crippen LogP contribution in [0.5, 0.6) is 0 Å². The molecule has 0 amide bonds. The summed E-state index contributed by atoms with van der Waals surface area (Å²) in [5, 5.41) is 1.04. The number of H-pyrrole nitrogens is 1. The number of aromatic nitrogens is 1.